The van der Waals surface area contributed by atoms with E-state index in [-0.39, 0.29) is 5.78 Å². The van der Waals surface area contributed by atoms with Crippen molar-refractivity contribution in [2.45, 2.75) is 18.8 Å². The van der Waals surface area contributed by atoms with Crippen molar-refractivity contribution in [3.8, 4) is 0 Å². The molecule has 0 heterocycles. The molecule has 0 N–H and O–H groups in total. The number of hydrogen-bond donors (Lipinski definition) is 0. The molecule has 0 radical (unpaired) electrons. The monoisotopic (exact) mass is 326 g/mol. The molecule has 1 unspecified atom stereocenters. The van der Waals surface area contributed by atoms with E-state index in [1.807, 2.05) is 60.7 Å². The zero-order chi connectivity index (χ0) is 17.5. The molecule has 0 aliphatic carbocycles. The lowest BCUT2D eigenvalue weighted by atomic mass is 9.86. The second kappa shape index (κ2) is 8.25. The van der Waals surface area contributed by atoms with Crippen LogP contribution in [0.5, 0.6) is 0 Å². The largest absolute Gasteiger partial charge is 0.289 e. The summed E-state index contributed by atoms with van der Waals surface area (Å²) < 4.78 is 0. The van der Waals surface area contributed by atoms with Gasteiger partial charge in [-0.15, -0.1) is 6.58 Å². The van der Waals surface area contributed by atoms with Crippen molar-refractivity contribution in [1.82, 2.24) is 0 Å². The maximum Gasteiger partial charge on any atom is 0.193 e. The highest BCUT2D eigenvalue weighted by Crippen LogP contribution is 2.27. The SMILES string of the molecule is C=CCC(Cc1ccccc1C(=O)c1ccccc1)c1ccccc1. The van der Waals surface area contributed by atoms with E-state index in [2.05, 4.69) is 36.9 Å². The van der Waals surface area contributed by atoms with Gasteiger partial charge in [0.2, 0.25) is 0 Å². The summed E-state index contributed by atoms with van der Waals surface area (Å²) in [5, 5.41) is 0. The van der Waals surface area contributed by atoms with Crippen LogP contribution < -0.4 is 0 Å². The van der Waals surface area contributed by atoms with Gasteiger partial charge in [-0.1, -0.05) is 91.0 Å². The fourth-order valence-corrected chi connectivity index (χ4v) is 3.19. The third-order valence-electron chi connectivity index (χ3n) is 4.49. The lowest BCUT2D eigenvalue weighted by Crippen LogP contribution is -2.09. The molecule has 3 aromatic rings. The van der Waals surface area contributed by atoms with E-state index in [1.165, 1.54) is 5.56 Å². The highest BCUT2D eigenvalue weighted by atomic mass is 16.1. The molecule has 0 saturated carbocycles. The Balaban J connectivity index is 1.92. The van der Waals surface area contributed by atoms with E-state index >= 15 is 0 Å². The zero-order valence-electron chi connectivity index (χ0n) is 14.3. The molecule has 0 bridgehead atoms. The Morgan fingerprint density at radius 3 is 2.12 bits per heavy atom. The lowest BCUT2D eigenvalue weighted by Gasteiger charge is -2.18. The van der Waals surface area contributed by atoms with Crippen LogP contribution in [0, 0.1) is 0 Å². The molecule has 25 heavy (non-hydrogen) atoms. The van der Waals surface area contributed by atoms with Gasteiger partial charge < -0.3 is 0 Å². The smallest absolute Gasteiger partial charge is 0.193 e. The average molecular weight is 326 g/mol. The molecule has 3 aromatic carbocycles. The van der Waals surface area contributed by atoms with E-state index in [0.29, 0.717) is 5.92 Å². The fourth-order valence-electron chi connectivity index (χ4n) is 3.19. The van der Waals surface area contributed by atoms with E-state index in [9.17, 15) is 4.79 Å². The maximum absolute atomic E-state index is 12.9. The van der Waals surface area contributed by atoms with E-state index < -0.39 is 0 Å². The summed E-state index contributed by atoms with van der Waals surface area (Å²) in [5.74, 6) is 0.407. The first-order chi connectivity index (χ1) is 12.3. The van der Waals surface area contributed by atoms with Crippen LogP contribution in [0.2, 0.25) is 0 Å². The minimum Gasteiger partial charge on any atom is -0.289 e. The van der Waals surface area contributed by atoms with Crippen molar-refractivity contribution in [2.24, 2.45) is 0 Å². The first kappa shape index (κ1) is 16.9. The van der Waals surface area contributed by atoms with Crippen LogP contribution in [0.15, 0.2) is 97.6 Å². The minimum absolute atomic E-state index is 0.0848. The number of allylic oxidation sites excluding steroid dienone is 1. The minimum atomic E-state index is 0.0848. The quantitative estimate of drug-likeness (QED) is 0.395. The van der Waals surface area contributed by atoms with Crippen molar-refractivity contribution in [1.29, 1.82) is 0 Å². The van der Waals surface area contributed by atoms with Crippen molar-refractivity contribution in [3.05, 3.63) is 120 Å². The highest BCUT2D eigenvalue weighted by molar-refractivity contribution is 6.09. The Morgan fingerprint density at radius 1 is 0.840 bits per heavy atom. The third kappa shape index (κ3) is 4.13. The topological polar surface area (TPSA) is 17.1 Å². The molecule has 0 aromatic heterocycles. The first-order valence-electron chi connectivity index (χ1n) is 8.63. The van der Waals surface area contributed by atoms with Gasteiger partial charge in [0.05, 0.1) is 0 Å². The van der Waals surface area contributed by atoms with Gasteiger partial charge in [-0.05, 0) is 29.9 Å². The Kier molecular flexibility index (Phi) is 5.58. The number of carbonyl (C=O) groups excluding carboxylic acids is 1. The molecule has 0 aliphatic heterocycles. The molecule has 1 heteroatoms. The van der Waals surface area contributed by atoms with Gasteiger partial charge in [0, 0.05) is 11.1 Å². The Morgan fingerprint density at radius 2 is 1.44 bits per heavy atom. The van der Waals surface area contributed by atoms with Gasteiger partial charge in [0.15, 0.2) is 5.78 Å². The van der Waals surface area contributed by atoms with Gasteiger partial charge in [-0.25, -0.2) is 0 Å². The molecule has 0 amide bonds. The normalized spacial score (nSPS) is 11.7. The van der Waals surface area contributed by atoms with Crippen LogP contribution in [0.3, 0.4) is 0 Å². The standard InChI is InChI=1S/C24H22O/c1-2-11-21(19-12-5-3-6-13-19)18-22-16-9-10-17-23(22)24(25)20-14-7-4-8-15-20/h2-10,12-17,21H,1,11,18H2. The number of carbonyl (C=O) groups is 1. The summed E-state index contributed by atoms with van der Waals surface area (Å²) in [6, 6.07) is 27.9. The van der Waals surface area contributed by atoms with Crippen LogP contribution >= 0.6 is 0 Å². The van der Waals surface area contributed by atoms with Crippen LogP contribution in [-0.4, -0.2) is 5.78 Å². The summed E-state index contributed by atoms with van der Waals surface area (Å²) in [5.41, 5.74) is 3.89. The van der Waals surface area contributed by atoms with Gasteiger partial charge in [-0.3, -0.25) is 4.79 Å². The molecule has 0 saturated heterocycles. The Hall–Kier alpha value is -2.93. The molecule has 0 fully saturated rings. The summed E-state index contributed by atoms with van der Waals surface area (Å²) in [6.45, 7) is 3.91. The number of hydrogen-bond acceptors (Lipinski definition) is 1. The van der Waals surface area contributed by atoms with E-state index in [1.54, 1.807) is 0 Å². The van der Waals surface area contributed by atoms with Gasteiger partial charge >= 0.3 is 0 Å². The van der Waals surface area contributed by atoms with Gasteiger partial charge in [0.1, 0.15) is 0 Å². The summed E-state index contributed by atoms with van der Waals surface area (Å²) in [7, 11) is 0. The predicted octanol–water partition coefficient (Wildman–Crippen LogP) is 5.82. The fraction of sp³-hybridized carbons (Fsp3) is 0.125. The molecule has 124 valence electrons. The van der Waals surface area contributed by atoms with Gasteiger partial charge in [0.25, 0.3) is 0 Å². The molecule has 1 atom stereocenters. The number of rotatable bonds is 7. The molecule has 0 spiro atoms. The molecule has 1 nitrogen and oxygen atoms in total. The molecule has 0 aliphatic rings. The van der Waals surface area contributed by atoms with Gasteiger partial charge in [-0.2, -0.15) is 0 Å². The van der Waals surface area contributed by atoms with Crippen LogP contribution in [0.4, 0.5) is 0 Å². The highest BCUT2D eigenvalue weighted by Gasteiger charge is 2.17. The third-order valence-corrected chi connectivity index (χ3v) is 4.49. The summed E-state index contributed by atoms with van der Waals surface area (Å²) in [6.07, 6.45) is 3.67. The van der Waals surface area contributed by atoms with E-state index in [4.69, 9.17) is 0 Å². The van der Waals surface area contributed by atoms with Crippen LogP contribution in [0.25, 0.3) is 0 Å². The van der Waals surface area contributed by atoms with Crippen molar-refractivity contribution < 1.29 is 4.79 Å². The number of benzene rings is 3. The second-order valence-electron chi connectivity index (χ2n) is 6.19. The number of ketones is 1. The maximum atomic E-state index is 12.9. The van der Waals surface area contributed by atoms with Crippen molar-refractivity contribution in [3.63, 3.8) is 0 Å². The second-order valence-corrected chi connectivity index (χ2v) is 6.19. The molecule has 3 rings (SSSR count). The summed E-state index contributed by atoms with van der Waals surface area (Å²) in [4.78, 5) is 12.9. The average Bonchev–Trinajstić information content (AvgIpc) is 2.69. The lowest BCUT2D eigenvalue weighted by molar-refractivity contribution is 0.103. The first-order valence-corrected chi connectivity index (χ1v) is 8.63. The van der Waals surface area contributed by atoms with Crippen molar-refractivity contribution in [2.75, 3.05) is 0 Å². The van der Waals surface area contributed by atoms with Crippen LogP contribution in [0.1, 0.15) is 39.4 Å². The Bertz CT molecular complexity index is 834. The predicted molar refractivity (Wildman–Crippen MR) is 104 cm³/mol. The van der Waals surface area contributed by atoms with Crippen molar-refractivity contribution >= 4 is 5.78 Å². The molecular formula is C24H22O. The summed E-state index contributed by atoms with van der Waals surface area (Å²) >= 11 is 0. The Labute approximate surface area is 149 Å². The van der Waals surface area contributed by atoms with E-state index in [0.717, 1.165) is 29.5 Å². The zero-order valence-corrected chi connectivity index (χ0v) is 14.3. The molecular weight excluding hydrogens is 304 g/mol. The van der Waals surface area contributed by atoms with Crippen LogP contribution in [-0.2, 0) is 6.42 Å².